The minimum absolute atomic E-state index is 0.177. The zero-order valence-corrected chi connectivity index (χ0v) is 15.4. The van der Waals surface area contributed by atoms with E-state index >= 15 is 0 Å². The smallest absolute Gasteiger partial charge is 0.303 e. The van der Waals surface area contributed by atoms with Crippen LogP contribution in [0.2, 0.25) is 0 Å². The topological polar surface area (TPSA) is 50.2 Å². The lowest BCUT2D eigenvalue weighted by Gasteiger charge is -2.03. The largest absolute Gasteiger partial charge is 0.481 e. The number of aromatic nitrogens is 1. The van der Waals surface area contributed by atoms with Gasteiger partial charge >= 0.3 is 5.97 Å². The third kappa shape index (κ3) is 4.28. The summed E-state index contributed by atoms with van der Waals surface area (Å²) in [6.45, 7) is 0. The predicted molar refractivity (Wildman–Crippen MR) is 101 cm³/mol. The van der Waals surface area contributed by atoms with Crippen molar-refractivity contribution in [3.8, 4) is 0 Å². The van der Waals surface area contributed by atoms with E-state index in [4.69, 9.17) is 10.1 Å². The fourth-order valence-corrected chi connectivity index (χ4v) is 4.67. The highest BCUT2D eigenvalue weighted by atomic mass is 79.9. The van der Waals surface area contributed by atoms with Crippen molar-refractivity contribution in [2.75, 3.05) is 0 Å². The molecule has 0 bridgehead atoms. The summed E-state index contributed by atoms with van der Waals surface area (Å²) >= 11 is 6.78. The Morgan fingerprint density at radius 1 is 1.30 bits per heavy atom. The summed E-state index contributed by atoms with van der Waals surface area (Å²) in [4.78, 5) is 16.6. The lowest BCUT2D eigenvalue weighted by Crippen LogP contribution is -1.94. The number of thiazole rings is 1. The molecule has 6 heteroatoms. The van der Waals surface area contributed by atoms with Gasteiger partial charge in [0.05, 0.1) is 10.2 Å². The first-order chi connectivity index (χ1) is 11.1. The molecule has 0 spiro atoms. The molecule has 118 valence electrons. The first kappa shape index (κ1) is 16.4. The van der Waals surface area contributed by atoms with Crippen molar-refractivity contribution in [2.24, 2.45) is 0 Å². The number of carboxylic acid groups (broad SMARTS) is 1. The van der Waals surface area contributed by atoms with Gasteiger partial charge in [-0.2, -0.15) is 0 Å². The molecule has 3 nitrogen and oxygen atoms in total. The fraction of sp³-hybridized carbons (Fsp3) is 0.176. The van der Waals surface area contributed by atoms with Crippen molar-refractivity contribution < 1.29 is 9.90 Å². The number of benzene rings is 1. The van der Waals surface area contributed by atoms with Crippen molar-refractivity contribution in [1.82, 2.24) is 4.98 Å². The number of carboxylic acids is 1. The van der Waals surface area contributed by atoms with E-state index in [2.05, 4.69) is 34.1 Å². The average molecular weight is 408 g/mol. The number of nitrogens with zero attached hydrogens (tertiary/aromatic N) is 1. The molecule has 23 heavy (non-hydrogen) atoms. The van der Waals surface area contributed by atoms with Crippen molar-refractivity contribution in [3.05, 3.63) is 50.1 Å². The third-order valence-corrected chi connectivity index (χ3v) is 6.06. The third-order valence-electron chi connectivity index (χ3n) is 3.31. The minimum Gasteiger partial charge on any atom is -0.481 e. The summed E-state index contributed by atoms with van der Waals surface area (Å²) in [5.74, 6) is -0.757. The first-order valence-electron chi connectivity index (χ1n) is 7.14. The maximum Gasteiger partial charge on any atom is 0.303 e. The van der Waals surface area contributed by atoms with E-state index in [1.807, 2.05) is 23.6 Å². The Labute approximate surface area is 150 Å². The first-order valence-corrected chi connectivity index (χ1v) is 9.63. The highest BCUT2D eigenvalue weighted by molar-refractivity contribution is 9.10. The summed E-state index contributed by atoms with van der Waals surface area (Å²) in [5, 5.41) is 11.9. The van der Waals surface area contributed by atoms with E-state index in [1.165, 1.54) is 0 Å². The number of thiophene rings is 1. The van der Waals surface area contributed by atoms with Crippen LogP contribution >= 0.6 is 38.6 Å². The number of para-hydroxylation sites is 1. The van der Waals surface area contributed by atoms with Gasteiger partial charge in [0.1, 0.15) is 5.01 Å². The molecule has 3 aromatic rings. The molecule has 0 saturated heterocycles. The van der Waals surface area contributed by atoms with Gasteiger partial charge in [-0.25, -0.2) is 4.98 Å². The second-order valence-electron chi connectivity index (χ2n) is 5.07. The summed E-state index contributed by atoms with van der Waals surface area (Å²) < 4.78 is 2.21. The van der Waals surface area contributed by atoms with Crippen LogP contribution in [0.3, 0.4) is 0 Å². The van der Waals surface area contributed by atoms with Gasteiger partial charge in [0, 0.05) is 21.2 Å². The van der Waals surface area contributed by atoms with E-state index in [-0.39, 0.29) is 6.42 Å². The van der Waals surface area contributed by atoms with Gasteiger partial charge in [0.25, 0.3) is 0 Å². The van der Waals surface area contributed by atoms with Crippen LogP contribution in [-0.2, 0) is 4.79 Å². The zero-order valence-electron chi connectivity index (χ0n) is 12.2. The monoisotopic (exact) mass is 407 g/mol. The number of allylic oxidation sites excluding steroid dienone is 1. The van der Waals surface area contributed by atoms with Crippen molar-refractivity contribution in [2.45, 2.75) is 19.3 Å². The number of fused-ring (bicyclic) bond motifs is 1. The van der Waals surface area contributed by atoms with Gasteiger partial charge in [-0.3, -0.25) is 4.79 Å². The number of hydrogen-bond acceptors (Lipinski definition) is 4. The Morgan fingerprint density at radius 2 is 2.13 bits per heavy atom. The maximum absolute atomic E-state index is 10.8. The van der Waals surface area contributed by atoms with Crippen molar-refractivity contribution in [1.29, 1.82) is 0 Å². The highest BCUT2D eigenvalue weighted by Crippen LogP contribution is 2.32. The van der Waals surface area contributed by atoms with E-state index in [1.54, 1.807) is 22.7 Å². The normalized spacial score (nSPS) is 12.0. The summed E-state index contributed by atoms with van der Waals surface area (Å²) in [6, 6.07) is 10.1. The Balaban J connectivity index is 1.93. The van der Waals surface area contributed by atoms with Crippen LogP contribution in [-0.4, -0.2) is 16.1 Å². The predicted octanol–water partition coefficient (Wildman–Crippen LogP) is 5.92. The van der Waals surface area contributed by atoms with Crippen molar-refractivity contribution in [3.63, 3.8) is 0 Å². The van der Waals surface area contributed by atoms with Gasteiger partial charge in [0.2, 0.25) is 0 Å². The number of halogens is 1. The van der Waals surface area contributed by atoms with Crippen LogP contribution in [0.15, 0.2) is 40.2 Å². The summed E-state index contributed by atoms with van der Waals surface area (Å²) in [7, 11) is 0. The van der Waals surface area contributed by atoms with E-state index in [0.29, 0.717) is 12.8 Å². The number of carbonyl (C=O) groups is 1. The summed E-state index contributed by atoms with van der Waals surface area (Å²) in [6.07, 6.45) is 3.62. The van der Waals surface area contributed by atoms with Crippen molar-refractivity contribution >= 4 is 66.4 Å². The molecule has 0 amide bonds. The number of rotatable bonds is 6. The number of aliphatic carboxylic acids is 1. The SMILES string of the molecule is O=C(O)CCC/C(=C\c1cc(Br)cs1)c1nc2ccccc2s1. The molecule has 0 aliphatic rings. The fourth-order valence-electron chi connectivity index (χ4n) is 2.26. The molecule has 1 N–H and O–H groups in total. The van der Waals surface area contributed by atoms with E-state index < -0.39 is 5.97 Å². The van der Waals surface area contributed by atoms with Crippen LogP contribution in [0.1, 0.15) is 29.1 Å². The van der Waals surface area contributed by atoms with Gasteiger partial charge in [-0.15, -0.1) is 22.7 Å². The standard InChI is InChI=1S/C17H14BrNO2S2/c18-12-9-13(22-10-12)8-11(4-3-7-16(20)21)17-19-14-5-1-2-6-15(14)23-17/h1-2,5-6,8-10H,3-4,7H2,(H,20,21)/b11-8+. The van der Waals surface area contributed by atoms with E-state index in [9.17, 15) is 4.79 Å². The molecule has 0 atom stereocenters. The molecule has 0 radical (unpaired) electrons. The van der Waals surface area contributed by atoms with E-state index in [0.717, 1.165) is 30.1 Å². The van der Waals surface area contributed by atoms with Gasteiger partial charge in [-0.05, 0) is 58.6 Å². The van der Waals surface area contributed by atoms with Crippen LogP contribution in [0, 0.1) is 0 Å². The Hall–Kier alpha value is -1.50. The molecule has 0 aliphatic carbocycles. The minimum atomic E-state index is -0.757. The lowest BCUT2D eigenvalue weighted by molar-refractivity contribution is -0.137. The molecule has 0 unspecified atom stereocenters. The second-order valence-corrected chi connectivity index (χ2v) is 7.96. The second kappa shape index (κ2) is 7.38. The molecule has 0 fully saturated rings. The molecule has 1 aromatic carbocycles. The molecule has 3 rings (SSSR count). The Kier molecular flexibility index (Phi) is 5.25. The van der Waals surface area contributed by atoms with Gasteiger partial charge < -0.3 is 5.11 Å². The zero-order chi connectivity index (χ0) is 16.2. The molecule has 0 saturated carbocycles. The van der Waals surface area contributed by atoms with Crippen LogP contribution in [0.25, 0.3) is 21.9 Å². The molecule has 2 heterocycles. The quantitative estimate of drug-likeness (QED) is 0.551. The Bertz CT molecular complexity index is 833. The molecular weight excluding hydrogens is 394 g/mol. The number of hydrogen-bond donors (Lipinski definition) is 1. The van der Waals surface area contributed by atoms with Crippen LogP contribution < -0.4 is 0 Å². The highest BCUT2D eigenvalue weighted by Gasteiger charge is 2.10. The Morgan fingerprint density at radius 3 is 2.83 bits per heavy atom. The van der Waals surface area contributed by atoms with Gasteiger partial charge in [-0.1, -0.05) is 12.1 Å². The van der Waals surface area contributed by atoms with Crippen LogP contribution in [0.4, 0.5) is 0 Å². The molecule has 2 aromatic heterocycles. The maximum atomic E-state index is 10.8. The van der Waals surface area contributed by atoms with Gasteiger partial charge in [0.15, 0.2) is 0 Å². The van der Waals surface area contributed by atoms with Crippen LogP contribution in [0.5, 0.6) is 0 Å². The molecular formula is C17H14BrNO2S2. The molecule has 0 aliphatic heterocycles. The summed E-state index contributed by atoms with van der Waals surface area (Å²) in [5.41, 5.74) is 2.09. The average Bonchev–Trinajstić information content (AvgIpc) is 3.11. The lowest BCUT2D eigenvalue weighted by atomic mass is 10.1.